The summed E-state index contributed by atoms with van der Waals surface area (Å²) in [6.07, 6.45) is 1.82. The highest BCUT2D eigenvalue weighted by atomic mass is 16.5. The van der Waals surface area contributed by atoms with E-state index in [0.29, 0.717) is 13.2 Å². The summed E-state index contributed by atoms with van der Waals surface area (Å²) in [5.41, 5.74) is -0.524. The van der Waals surface area contributed by atoms with Crippen molar-refractivity contribution < 1.29 is 14.3 Å². The third-order valence-electron chi connectivity index (χ3n) is 3.78. The van der Waals surface area contributed by atoms with Gasteiger partial charge in [-0.05, 0) is 26.3 Å². The molecule has 0 spiro atoms. The van der Waals surface area contributed by atoms with Gasteiger partial charge in [0.25, 0.3) is 0 Å². The van der Waals surface area contributed by atoms with Crippen molar-refractivity contribution in [1.82, 2.24) is 15.5 Å². The number of ether oxygens (including phenoxy) is 1. The molecule has 2 aliphatic rings. The van der Waals surface area contributed by atoms with Crippen molar-refractivity contribution in [3.05, 3.63) is 0 Å². The summed E-state index contributed by atoms with van der Waals surface area (Å²) in [6, 6.07) is -0.504. The lowest BCUT2D eigenvalue weighted by Crippen LogP contribution is -2.62. The zero-order valence-corrected chi connectivity index (χ0v) is 11.0. The maximum atomic E-state index is 12.6. The van der Waals surface area contributed by atoms with Crippen LogP contribution < -0.4 is 10.6 Å². The van der Waals surface area contributed by atoms with Gasteiger partial charge in [-0.1, -0.05) is 0 Å². The second-order valence-corrected chi connectivity index (χ2v) is 5.07. The van der Waals surface area contributed by atoms with Crippen LogP contribution in [0.15, 0.2) is 0 Å². The largest absolute Gasteiger partial charge is 0.377 e. The van der Waals surface area contributed by atoms with Gasteiger partial charge in [-0.3, -0.25) is 9.59 Å². The lowest BCUT2D eigenvalue weighted by atomic mass is 9.97. The topological polar surface area (TPSA) is 70.7 Å². The second kappa shape index (κ2) is 5.24. The highest BCUT2D eigenvalue weighted by Gasteiger charge is 2.43. The van der Waals surface area contributed by atoms with Crippen molar-refractivity contribution in [2.75, 3.05) is 33.4 Å². The van der Waals surface area contributed by atoms with Gasteiger partial charge in [0.2, 0.25) is 11.8 Å². The van der Waals surface area contributed by atoms with Crippen LogP contribution in [-0.4, -0.2) is 61.6 Å². The first-order valence-corrected chi connectivity index (χ1v) is 6.44. The van der Waals surface area contributed by atoms with Crippen molar-refractivity contribution in [2.24, 2.45) is 0 Å². The average Bonchev–Trinajstić information content (AvgIpc) is 2.85. The van der Waals surface area contributed by atoms with E-state index in [9.17, 15) is 9.59 Å². The van der Waals surface area contributed by atoms with Gasteiger partial charge < -0.3 is 20.3 Å². The summed E-state index contributed by atoms with van der Waals surface area (Å²) in [5.74, 6) is -0.151. The molecule has 2 heterocycles. The summed E-state index contributed by atoms with van der Waals surface area (Å²) in [7, 11) is 1.58. The number of morpholine rings is 1. The van der Waals surface area contributed by atoms with Gasteiger partial charge >= 0.3 is 0 Å². The number of nitrogens with zero attached hydrogens (tertiary/aromatic N) is 1. The highest BCUT2D eigenvalue weighted by Crippen LogP contribution is 2.23. The van der Waals surface area contributed by atoms with E-state index in [-0.39, 0.29) is 18.4 Å². The first kappa shape index (κ1) is 13.3. The fraction of sp³-hybridized carbons (Fsp3) is 0.833. The summed E-state index contributed by atoms with van der Waals surface area (Å²) in [5, 5.41) is 5.83. The third kappa shape index (κ3) is 2.35. The van der Waals surface area contributed by atoms with E-state index in [1.807, 2.05) is 6.92 Å². The summed E-state index contributed by atoms with van der Waals surface area (Å²) in [6.45, 7) is 4.03. The summed E-state index contributed by atoms with van der Waals surface area (Å²) in [4.78, 5) is 26.0. The van der Waals surface area contributed by atoms with Crippen LogP contribution >= 0.6 is 0 Å². The summed E-state index contributed by atoms with van der Waals surface area (Å²) >= 11 is 0. The zero-order chi connectivity index (χ0) is 13.2. The zero-order valence-electron chi connectivity index (χ0n) is 11.0. The molecule has 0 aromatic carbocycles. The number of hydrogen-bond acceptors (Lipinski definition) is 4. The molecule has 2 atom stereocenters. The minimum atomic E-state index is -0.524. The first-order chi connectivity index (χ1) is 8.58. The van der Waals surface area contributed by atoms with Crippen LogP contribution in [0, 0.1) is 0 Å². The van der Waals surface area contributed by atoms with E-state index in [1.165, 1.54) is 0 Å². The Morgan fingerprint density at radius 1 is 1.50 bits per heavy atom. The van der Waals surface area contributed by atoms with Gasteiger partial charge in [0.05, 0.1) is 18.8 Å². The molecule has 2 saturated heterocycles. The lowest BCUT2D eigenvalue weighted by molar-refractivity contribution is -0.152. The van der Waals surface area contributed by atoms with E-state index in [2.05, 4.69) is 10.6 Å². The molecule has 2 aliphatic heterocycles. The lowest BCUT2D eigenvalue weighted by Gasteiger charge is -2.39. The Balaban J connectivity index is 2.13. The molecule has 18 heavy (non-hydrogen) atoms. The van der Waals surface area contributed by atoms with Gasteiger partial charge in [-0.15, -0.1) is 0 Å². The molecule has 2 unspecified atom stereocenters. The van der Waals surface area contributed by atoms with E-state index in [4.69, 9.17) is 4.74 Å². The molecular formula is C12H21N3O3. The van der Waals surface area contributed by atoms with E-state index in [0.717, 1.165) is 19.4 Å². The third-order valence-corrected chi connectivity index (χ3v) is 3.78. The molecule has 2 amide bonds. The van der Waals surface area contributed by atoms with Crippen molar-refractivity contribution >= 4 is 11.8 Å². The molecule has 0 aliphatic carbocycles. The van der Waals surface area contributed by atoms with E-state index < -0.39 is 11.6 Å². The molecule has 0 radical (unpaired) electrons. The van der Waals surface area contributed by atoms with Crippen LogP contribution in [0.5, 0.6) is 0 Å². The maximum absolute atomic E-state index is 12.6. The van der Waals surface area contributed by atoms with E-state index in [1.54, 1.807) is 11.9 Å². The SMILES string of the molecule is CNC(=O)C1COCCN1C(=O)C1(C)CCCN1. The van der Waals surface area contributed by atoms with Crippen LogP contribution in [0.1, 0.15) is 19.8 Å². The molecule has 0 bridgehead atoms. The van der Waals surface area contributed by atoms with Crippen molar-refractivity contribution in [2.45, 2.75) is 31.3 Å². The van der Waals surface area contributed by atoms with Gasteiger partial charge in [0.1, 0.15) is 6.04 Å². The Kier molecular flexibility index (Phi) is 3.87. The van der Waals surface area contributed by atoms with Gasteiger partial charge in [0.15, 0.2) is 0 Å². The normalized spacial score (nSPS) is 32.3. The van der Waals surface area contributed by atoms with Crippen molar-refractivity contribution in [3.63, 3.8) is 0 Å². The van der Waals surface area contributed by atoms with Crippen LogP contribution in [0.2, 0.25) is 0 Å². The summed E-state index contributed by atoms with van der Waals surface area (Å²) < 4.78 is 5.31. The number of carbonyl (C=O) groups excluding carboxylic acids is 2. The molecule has 2 fully saturated rings. The number of nitrogens with one attached hydrogen (secondary N) is 2. The molecule has 6 heteroatoms. The molecule has 0 saturated carbocycles. The standard InChI is InChI=1S/C12H21N3O3/c1-12(4-3-5-14-12)11(17)15-6-7-18-8-9(15)10(16)13-2/h9,14H,3-8H2,1-2H3,(H,13,16). The Labute approximate surface area is 107 Å². The smallest absolute Gasteiger partial charge is 0.244 e. The molecule has 0 aromatic rings. The molecule has 2 N–H and O–H groups in total. The fourth-order valence-electron chi connectivity index (χ4n) is 2.62. The Morgan fingerprint density at radius 2 is 2.28 bits per heavy atom. The number of amides is 2. The molecular weight excluding hydrogens is 234 g/mol. The number of hydrogen-bond donors (Lipinski definition) is 2. The van der Waals surface area contributed by atoms with Gasteiger partial charge in [-0.2, -0.15) is 0 Å². The van der Waals surface area contributed by atoms with Crippen LogP contribution in [0.3, 0.4) is 0 Å². The predicted octanol–water partition coefficient (Wildman–Crippen LogP) is -0.898. The average molecular weight is 255 g/mol. The molecule has 102 valence electrons. The fourth-order valence-corrected chi connectivity index (χ4v) is 2.62. The first-order valence-electron chi connectivity index (χ1n) is 6.44. The molecule has 6 nitrogen and oxygen atoms in total. The monoisotopic (exact) mass is 255 g/mol. The predicted molar refractivity (Wildman–Crippen MR) is 66.0 cm³/mol. The number of likely N-dealkylation sites (N-methyl/N-ethyl adjacent to an activating group) is 1. The Bertz CT molecular complexity index is 339. The number of carbonyl (C=O) groups is 2. The van der Waals surface area contributed by atoms with Crippen molar-refractivity contribution in [1.29, 1.82) is 0 Å². The minimum absolute atomic E-state index is 0.0110. The quantitative estimate of drug-likeness (QED) is 0.671. The highest BCUT2D eigenvalue weighted by molar-refractivity contribution is 5.92. The minimum Gasteiger partial charge on any atom is -0.377 e. The maximum Gasteiger partial charge on any atom is 0.244 e. The van der Waals surface area contributed by atoms with Gasteiger partial charge in [0, 0.05) is 13.6 Å². The van der Waals surface area contributed by atoms with Crippen LogP contribution in [0.25, 0.3) is 0 Å². The number of rotatable bonds is 2. The van der Waals surface area contributed by atoms with Gasteiger partial charge in [-0.25, -0.2) is 0 Å². The Hall–Kier alpha value is -1.14. The van der Waals surface area contributed by atoms with Crippen molar-refractivity contribution in [3.8, 4) is 0 Å². The second-order valence-electron chi connectivity index (χ2n) is 5.07. The molecule has 2 rings (SSSR count). The Morgan fingerprint density at radius 3 is 2.89 bits per heavy atom. The molecule has 0 aromatic heterocycles. The van der Waals surface area contributed by atoms with Crippen LogP contribution in [-0.2, 0) is 14.3 Å². The van der Waals surface area contributed by atoms with Crippen LogP contribution in [0.4, 0.5) is 0 Å². The van der Waals surface area contributed by atoms with E-state index >= 15 is 0 Å².